The molecule has 0 aliphatic heterocycles. The highest BCUT2D eigenvalue weighted by molar-refractivity contribution is 5.19. The van der Waals surface area contributed by atoms with Crippen molar-refractivity contribution in [1.82, 2.24) is 0 Å². The molecule has 1 aromatic rings. The summed E-state index contributed by atoms with van der Waals surface area (Å²) in [5.41, 5.74) is 6.82. The van der Waals surface area contributed by atoms with Crippen LogP contribution in [0.25, 0.3) is 0 Å². The Balaban J connectivity index is 2.11. The summed E-state index contributed by atoms with van der Waals surface area (Å²) in [6, 6.07) is 6.75. The van der Waals surface area contributed by atoms with Crippen LogP contribution in [0.5, 0.6) is 0 Å². The van der Waals surface area contributed by atoms with Crippen molar-refractivity contribution in [3.8, 4) is 0 Å². The summed E-state index contributed by atoms with van der Waals surface area (Å²) in [7, 11) is 0. The van der Waals surface area contributed by atoms with E-state index in [2.05, 4.69) is 0 Å². The van der Waals surface area contributed by atoms with E-state index in [1.165, 1.54) is 12.5 Å². The molecule has 2 rings (SSSR count). The van der Waals surface area contributed by atoms with Crippen LogP contribution in [-0.2, 0) is 11.2 Å². The van der Waals surface area contributed by atoms with Gasteiger partial charge < -0.3 is 10.5 Å². The molecule has 0 amide bonds. The summed E-state index contributed by atoms with van der Waals surface area (Å²) in [5, 5.41) is 0. The zero-order valence-electron chi connectivity index (χ0n) is 11.7. The SMILES string of the molecule is CCOC1(C(N)Cc2ccccc2F)CCCCC1. The molecule has 2 N–H and O–H groups in total. The van der Waals surface area contributed by atoms with Crippen LogP contribution in [-0.4, -0.2) is 18.2 Å². The number of hydrogen-bond donors (Lipinski definition) is 1. The molecule has 0 aromatic heterocycles. The Kier molecular flexibility index (Phi) is 4.94. The quantitative estimate of drug-likeness (QED) is 0.885. The molecule has 1 fully saturated rings. The van der Waals surface area contributed by atoms with Gasteiger partial charge in [0.15, 0.2) is 0 Å². The molecule has 0 spiro atoms. The summed E-state index contributed by atoms with van der Waals surface area (Å²) < 4.78 is 19.7. The highest BCUT2D eigenvalue weighted by atomic mass is 19.1. The third-order valence-corrected chi connectivity index (χ3v) is 4.21. The van der Waals surface area contributed by atoms with Gasteiger partial charge in [0.25, 0.3) is 0 Å². The van der Waals surface area contributed by atoms with Gasteiger partial charge in [-0.25, -0.2) is 4.39 Å². The lowest BCUT2D eigenvalue weighted by atomic mass is 9.77. The Bertz CT molecular complexity index is 396. The van der Waals surface area contributed by atoms with Crippen molar-refractivity contribution < 1.29 is 9.13 Å². The smallest absolute Gasteiger partial charge is 0.126 e. The van der Waals surface area contributed by atoms with Crippen molar-refractivity contribution in [1.29, 1.82) is 0 Å². The minimum atomic E-state index is -0.255. The number of ether oxygens (including phenoxy) is 1. The van der Waals surface area contributed by atoms with E-state index in [1.807, 2.05) is 19.1 Å². The first-order chi connectivity index (χ1) is 9.18. The third-order valence-electron chi connectivity index (χ3n) is 4.21. The highest BCUT2D eigenvalue weighted by Crippen LogP contribution is 2.35. The predicted octanol–water partition coefficient (Wildman–Crippen LogP) is 3.43. The van der Waals surface area contributed by atoms with Gasteiger partial charge in [-0.15, -0.1) is 0 Å². The van der Waals surface area contributed by atoms with Gasteiger partial charge in [0.05, 0.1) is 5.60 Å². The molecule has 0 radical (unpaired) electrons. The van der Waals surface area contributed by atoms with Gasteiger partial charge in [-0.2, -0.15) is 0 Å². The Morgan fingerprint density at radius 3 is 2.58 bits per heavy atom. The van der Waals surface area contributed by atoms with Gasteiger partial charge in [0.2, 0.25) is 0 Å². The number of benzene rings is 1. The van der Waals surface area contributed by atoms with E-state index in [0.29, 0.717) is 18.6 Å². The van der Waals surface area contributed by atoms with Gasteiger partial charge in [-0.3, -0.25) is 0 Å². The predicted molar refractivity (Wildman–Crippen MR) is 75.5 cm³/mol. The minimum absolute atomic E-state index is 0.135. The third kappa shape index (κ3) is 3.34. The van der Waals surface area contributed by atoms with E-state index in [4.69, 9.17) is 10.5 Å². The molecule has 1 aliphatic carbocycles. The van der Waals surface area contributed by atoms with Crippen LogP contribution in [0.4, 0.5) is 4.39 Å². The van der Waals surface area contributed by atoms with Gasteiger partial charge in [-0.1, -0.05) is 37.5 Å². The molecular formula is C16H24FNO. The van der Waals surface area contributed by atoms with E-state index in [1.54, 1.807) is 6.07 Å². The van der Waals surface area contributed by atoms with E-state index < -0.39 is 0 Å². The van der Waals surface area contributed by atoms with Gasteiger partial charge in [0.1, 0.15) is 5.82 Å². The van der Waals surface area contributed by atoms with Crippen LogP contribution in [0.3, 0.4) is 0 Å². The fourth-order valence-corrected chi connectivity index (χ4v) is 3.15. The second-order valence-electron chi connectivity index (χ2n) is 5.46. The maximum absolute atomic E-state index is 13.7. The standard InChI is InChI=1S/C16H24FNO/c1-2-19-16(10-6-3-7-11-16)15(18)12-13-8-4-5-9-14(13)17/h4-5,8-9,15H,2-3,6-7,10-12,18H2,1H3. The highest BCUT2D eigenvalue weighted by Gasteiger charge is 2.38. The lowest BCUT2D eigenvalue weighted by Crippen LogP contribution is -2.52. The van der Waals surface area contributed by atoms with Crippen molar-refractivity contribution in [3.63, 3.8) is 0 Å². The normalized spacial score (nSPS) is 20.2. The van der Waals surface area contributed by atoms with E-state index in [0.717, 1.165) is 25.7 Å². The molecule has 0 bridgehead atoms. The maximum Gasteiger partial charge on any atom is 0.126 e. The number of halogens is 1. The summed E-state index contributed by atoms with van der Waals surface area (Å²) in [6.07, 6.45) is 6.11. The molecule has 1 aromatic carbocycles. The van der Waals surface area contributed by atoms with Gasteiger partial charge in [-0.05, 0) is 37.8 Å². The Hall–Kier alpha value is -0.930. The first kappa shape index (κ1) is 14.5. The molecule has 1 unspecified atom stereocenters. The summed E-state index contributed by atoms with van der Waals surface area (Å²) in [6.45, 7) is 2.68. The first-order valence-corrected chi connectivity index (χ1v) is 7.31. The van der Waals surface area contributed by atoms with Crippen LogP contribution in [0.15, 0.2) is 24.3 Å². The van der Waals surface area contributed by atoms with Gasteiger partial charge in [0, 0.05) is 12.6 Å². The minimum Gasteiger partial charge on any atom is -0.374 e. The van der Waals surface area contributed by atoms with Crippen molar-refractivity contribution in [2.45, 2.75) is 57.1 Å². The molecule has 0 heterocycles. The Labute approximate surface area is 115 Å². The molecule has 0 saturated heterocycles. The molecular weight excluding hydrogens is 241 g/mol. The van der Waals surface area contributed by atoms with Crippen LogP contribution < -0.4 is 5.73 Å². The fourth-order valence-electron chi connectivity index (χ4n) is 3.15. The van der Waals surface area contributed by atoms with Crippen LogP contribution in [0.2, 0.25) is 0 Å². The largest absolute Gasteiger partial charge is 0.374 e. The molecule has 1 saturated carbocycles. The average Bonchev–Trinajstić information content (AvgIpc) is 2.42. The molecule has 19 heavy (non-hydrogen) atoms. The monoisotopic (exact) mass is 265 g/mol. The average molecular weight is 265 g/mol. The molecule has 2 nitrogen and oxygen atoms in total. The fraction of sp³-hybridized carbons (Fsp3) is 0.625. The zero-order chi connectivity index (χ0) is 13.7. The van der Waals surface area contributed by atoms with E-state index >= 15 is 0 Å². The van der Waals surface area contributed by atoms with E-state index in [9.17, 15) is 4.39 Å². The Morgan fingerprint density at radius 2 is 1.95 bits per heavy atom. The maximum atomic E-state index is 13.7. The summed E-state index contributed by atoms with van der Waals surface area (Å²) in [5.74, 6) is -0.166. The second kappa shape index (κ2) is 6.49. The topological polar surface area (TPSA) is 35.2 Å². The molecule has 1 atom stereocenters. The van der Waals surface area contributed by atoms with Gasteiger partial charge >= 0.3 is 0 Å². The molecule has 106 valence electrons. The van der Waals surface area contributed by atoms with Crippen molar-refractivity contribution >= 4 is 0 Å². The lowest BCUT2D eigenvalue weighted by molar-refractivity contribution is -0.0818. The number of hydrogen-bond acceptors (Lipinski definition) is 2. The van der Waals surface area contributed by atoms with E-state index in [-0.39, 0.29) is 17.5 Å². The van der Waals surface area contributed by atoms with Crippen LogP contribution in [0.1, 0.15) is 44.6 Å². The number of nitrogens with two attached hydrogens (primary N) is 1. The van der Waals surface area contributed by atoms with Crippen molar-refractivity contribution in [2.24, 2.45) is 5.73 Å². The van der Waals surface area contributed by atoms with Crippen molar-refractivity contribution in [3.05, 3.63) is 35.6 Å². The van der Waals surface area contributed by atoms with Crippen LogP contribution in [0, 0.1) is 5.82 Å². The lowest BCUT2D eigenvalue weighted by Gasteiger charge is -2.41. The summed E-state index contributed by atoms with van der Waals surface area (Å²) >= 11 is 0. The molecule has 1 aliphatic rings. The number of rotatable bonds is 5. The molecule has 3 heteroatoms. The first-order valence-electron chi connectivity index (χ1n) is 7.31. The van der Waals surface area contributed by atoms with Crippen LogP contribution >= 0.6 is 0 Å². The zero-order valence-corrected chi connectivity index (χ0v) is 11.7. The second-order valence-corrected chi connectivity index (χ2v) is 5.46. The summed E-state index contributed by atoms with van der Waals surface area (Å²) in [4.78, 5) is 0. The van der Waals surface area contributed by atoms with Crippen molar-refractivity contribution in [2.75, 3.05) is 6.61 Å². The Morgan fingerprint density at radius 1 is 1.26 bits per heavy atom.